The number of carbonyl (C=O) groups is 1. The molecule has 0 unspecified atom stereocenters. The van der Waals surface area contributed by atoms with E-state index in [9.17, 15) is 9.18 Å². The average molecular weight is 265 g/mol. The number of rotatable bonds is 5. The highest BCUT2D eigenvalue weighted by molar-refractivity contribution is 7.09. The van der Waals surface area contributed by atoms with E-state index in [4.69, 9.17) is 4.74 Å². The van der Waals surface area contributed by atoms with Crippen molar-refractivity contribution in [1.29, 1.82) is 0 Å². The first-order valence-electron chi connectivity index (χ1n) is 5.41. The van der Waals surface area contributed by atoms with Crippen LogP contribution >= 0.6 is 11.3 Å². The number of halogens is 1. The molecule has 0 aliphatic carbocycles. The third-order valence-corrected chi connectivity index (χ3v) is 3.10. The Morgan fingerprint density at radius 3 is 2.72 bits per heavy atom. The number of ether oxygens (including phenoxy) is 1. The lowest BCUT2D eigenvalue weighted by atomic mass is 10.3. The average Bonchev–Trinajstić information content (AvgIpc) is 2.89. The zero-order valence-electron chi connectivity index (χ0n) is 9.56. The maximum Gasteiger partial charge on any atom is 0.258 e. The molecule has 0 fully saturated rings. The van der Waals surface area contributed by atoms with Crippen LogP contribution in [0.3, 0.4) is 0 Å². The predicted molar refractivity (Wildman–Crippen MR) is 68.1 cm³/mol. The Hall–Kier alpha value is -1.88. The van der Waals surface area contributed by atoms with Gasteiger partial charge in [0.1, 0.15) is 11.6 Å². The van der Waals surface area contributed by atoms with E-state index in [1.165, 1.54) is 24.3 Å². The summed E-state index contributed by atoms with van der Waals surface area (Å²) in [6, 6.07) is 9.44. The van der Waals surface area contributed by atoms with Crippen LogP contribution in [0.25, 0.3) is 0 Å². The fourth-order valence-electron chi connectivity index (χ4n) is 1.33. The maximum atomic E-state index is 12.6. The van der Waals surface area contributed by atoms with E-state index in [1.807, 2.05) is 17.5 Å². The second-order valence-electron chi connectivity index (χ2n) is 3.60. The Kier molecular flexibility index (Phi) is 4.30. The van der Waals surface area contributed by atoms with Gasteiger partial charge in [0.05, 0.1) is 6.54 Å². The lowest BCUT2D eigenvalue weighted by Crippen LogP contribution is -2.28. The summed E-state index contributed by atoms with van der Waals surface area (Å²) < 4.78 is 17.8. The molecule has 0 spiro atoms. The van der Waals surface area contributed by atoms with E-state index in [1.54, 1.807) is 11.3 Å². The molecular weight excluding hydrogens is 253 g/mol. The SMILES string of the molecule is O=C(COc1ccc(F)cc1)NCc1cccs1. The summed E-state index contributed by atoms with van der Waals surface area (Å²) in [7, 11) is 0. The van der Waals surface area contributed by atoms with Crippen LogP contribution in [-0.2, 0) is 11.3 Å². The van der Waals surface area contributed by atoms with Gasteiger partial charge in [0.2, 0.25) is 0 Å². The molecular formula is C13H12FNO2S. The molecule has 1 N–H and O–H groups in total. The van der Waals surface area contributed by atoms with Crippen LogP contribution in [0, 0.1) is 5.82 Å². The largest absolute Gasteiger partial charge is 0.484 e. The second kappa shape index (κ2) is 6.16. The van der Waals surface area contributed by atoms with Crippen LogP contribution in [0.5, 0.6) is 5.75 Å². The van der Waals surface area contributed by atoms with E-state index < -0.39 is 0 Å². The van der Waals surface area contributed by atoms with Crippen molar-refractivity contribution in [3.63, 3.8) is 0 Å². The number of nitrogens with one attached hydrogen (secondary N) is 1. The normalized spacial score (nSPS) is 10.1. The van der Waals surface area contributed by atoms with Crippen LogP contribution in [0.2, 0.25) is 0 Å². The zero-order chi connectivity index (χ0) is 12.8. The van der Waals surface area contributed by atoms with Crippen LogP contribution < -0.4 is 10.1 Å². The molecule has 94 valence electrons. The molecule has 2 aromatic rings. The summed E-state index contributed by atoms with van der Waals surface area (Å²) in [5.41, 5.74) is 0. The highest BCUT2D eigenvalue weighted by Gasteiger charge is 2.03. The van der Waals surface area contributed by atoms with Crippen molar-refractivity contribution >= 4 is 17.2 Å². The molecule has 1 amide bonds. The molecule has 18 heavy (non-hydrogen) atoms. The second-order valence-corrected chi connectivity index (χ2v) is 4.63. The minimum Gasteiger partial charge on any atom is -0.484 e. The smallest absolute Gasteiger partial charge is 0.258 e. The monoisotopic (exact) mass is 265 g/mol. The molecule has 1 aromatic carbocycles. The minimum absolute atomic E-state index is 0.0724. The van der Waals surface area contributed by atoms with Gasteiger partial charge >= 0.3 is 0 Å². The maximum absolute atomic E-state index is 12.6. The number of amides is 1. The summed E-state index contributed by atoms with van der Waals surface area (Å²) in [5, 5.41) is 4.69. The van der Waals surface area contributed by atoms with Crippen LogP contribution in [-0.4, -0.2) is 12.5 Å². The molecule has 1 aromatic heterocycles. The van der Waals surface area contributed by atoms with E-state index in [0.717, 1.165) is 4.88 Å². The van der Waals surface area contributed by atoms with E-state index in [-0.39, 0.29) is 18.3 Å². The van der Waals surface area contributed by atoms with E-state index in [2.05, 4.69) is 5.32 Å². The van der Waals surface area contributed by atoms with E-state index >= 15 is 0 Å². The lowest BCUT2D eigenvalue weighted by Gasteiger charge is -2.06. The Balaban J connectivity index is 1.73. The van der Waals surface area contributed by atoms with Crippen molar-refractivity contribution in [3.05, 3.63) is 52.5 Å². The molecule has 2 rings (SSSR count). The van der Waals surface area contributed by atoms with Gasteiger partial charge in [-0.3, -0.25) is 4.79 Å². The molecule has 0 aliphatic rings. The van der Waals surface area contributed by atoms with Gasteiger partial charge in [-0.1, -0.05) is 6.07 Å². The van der Waals surface area contributed by atoms with Gasteiger partial charge in [-0.05, 0) is 35.7 Å². The summed E-state index contributed by atoms with van der Waals surface area (Å²) >= 11 is 1.58. The summed E-state index contributed by atoms with van der Waals surface area (Å²) in [6.45, 7) is 0.431. The topological polar surface area (TPSA) is 38.3 Å². The Morgan fingerprint density at radius 2 is 2.06 bits per heavy atom. The molecule has 0 saturated carbocycles. The van der Waals surface area contributed by atoms with Crippen molar-refractivity contribution in [3.8, 4) is 5.75 Å². The van der Waals surface area contributed by atoms with Gasteiger partial charge in [0.25, 0.3) is 5.91 Å². The standard InChI is InChI=1S/C13H12FNO2S/c14-10-3-5-11(6-4-10)17-9-13(16)15-8-12-2-1-7-18-12/h1-7H,8-9H2,(H,15,16). The number of carbonyl (C=O) groups excluding carboxylic acids is 1. The van der Waals surface area contributed by atoms with Crippen molar-refractivity contribution in [1.82, 2.24) is 5.32 Å². The quantitative estimate of drug-likeness (QED) is 0.902. The Labute approximate surface area is 108 Å². The van der Waals surface area contributed by atoms with Gasteiger partial charge in [-0.15, -0.1) is 11.3 Å². The van der Waals surface area contributed by atoms with Crippen LogP contribution in [0.4, 0.5) is 4.39 Å². The third kappa shape index (κ3) is 3.85. The fourth-order valence-corrected chi connectivity index (χ4v) is 1.97. The predicted octanol–water partition coefficient (Wildman–Crippen LogP) is 2.58. The van der Waals surface area contributed by atoms with Crippen molar-refractivity contribution in [2.75, 3.05) is 6.61 Å². The molecule has 0 saturated heterocycles. The highest BCUT2D eigenvalue weighted by atomic mass is 32.1. The Morgan fingerprint density at radius 1 is 1.28 bits per heavy atom. The summed E-state index contributed by atoms with van der Waals surface area (Å²) in [5.74, 6) is -0.0557. The third-order valence-electron chi connectivity index (χ3n) is 2.22. The fraction of sp³-hybridized carbons (Fsp3) is 0.154. The van der Waals surface area contributed by atoms with Crippen molar-refractivity contribution in [2.24, 2.45) is 0 Å². The van der Waals surface area contributed by atoms with Gasteiger partial charge in [0, 0.05) is 4.88 Å². The molecule has 3 nitrogen and oxygen atoms in total. The van der Waals surface area contributed by atoms with Gasteiger partial charge in [0.15, 0.2) is 6.61 Å². The molecule has 0 atom stereocenters. The highest BCUT2D eigenvalue weighted by Crippen LogP contribution is 2.11. The van der Waals surface area contributed by atoms with Crippen molar-refractivity contribution in [2.45, 2.75) is 6.54 Å². The number of hydrogen-bond acceptors (Lipinski definition) is 3. The first kappa shape index (κ1) is 12.6. The summed E-state index contributed by atoms with van der Waals surface area (Å²) in [6.07, 6.45) is 0. The van der Waals surface area contributed by atoms with Gasteiger partial charge in [-0.25, -0.2) is 4.39 Å². The zero-order valence-corrected chi connectivity index (χ0v) is 10.4. The van der Waals surface area contributed by atoms with Crippen molar-refractivity contribution < 1.29 is 13.9 Å². The van der Waals surface area contributed by atoms with Crippen LogP contribution in [0.15, 0.2) is 41.8 Å². The number of hydrogen-bond donors (Lipinski definition) is 1. The van der Waals surface area contributed by atoms with Gasteiger partial charge < -0.3 is 10.1 Å². The van der Waals surface area contributed by atoms with Crippen LogP contribution in [0.1, 0.15) is 4.88 Å². The first-order chi connectivity index (χ1) is 8.74. The molecule has 0 bridgehead atoms. The molecule has 1 heterocycles. The molecule has 0 aliphatic heterocycles. The molecule has 0 radical (unpaired) electrons. The van der Waals surface area contributed by atoms with Gasteiger partial charge in [-0.2, -0.15) is 0 Å². The minimum atomic E-state index is -0.329. The van der Waals surface area contributed by atoms with E-state index in [0.29, 0.717) is 12.3 Å². The molecule has 5 heteroatoms. The lowest BCUT2D eigenvalue weighted by molar-refractivity contribution is -0.123. The number of benzene rings is 1. The summed E-state index contributed by atoms with van der Waals surface area (Å²) in [4.78, 5) is 12.6. The number of thiophene rings is 1. The first-order valence-corrected chi connectivity index (χ1v) is 6.29. The Bertz CT molecular complexity index is 496.